The number of amides is 1. The zero-order valence-electron chi connectivity index (χ0n) is 18.4. The largest absolute Gasteiger partial charge is 0.416 e. The summed E-state index contributed by atoms with van der Waals surface area (Å²) >= 11 is 0. The molecule has 7 nitrogen and oxygen atoms in total. The number of carbonyl (C=O) groups is 1. The molecule has 0 radical (unpaired) electrons. The van der Waals surface area contributed by atoms with Crippen molar-refractivity contribution in [3.05, 3.63) is 47.8 Å². The summed E-state index contributed by atoms with van der Waals surface area (Å²) in [6.45, 7) is 7.82. The van der Waals surface area contributed by atoms with Crippen molar-refractivity contribution in [2.24, 2.45) is 0 Å². The molecule has 1 aliphatic heterocycles. The topological polar surface area (TPSA) is 81.6 Å². The highest BCUT2D eigenvalue weighted by atomic mass is 19.4. The Bertz CT molecular complexity index is 934. The third kappa shape index (κ3) is 5.48. The lowest BCUT2D eigenvalue weighted by molar-refractivity contribution is -0.138. The minimum Gasteiger partial charge on any atom is -0.387 e. The minimum absolute atomic E-state index is 0.0755. The molecule has 3 rings (SSSR count). The number of alkyl halides is 3. The van der Waals surface area contributed by atoms with Crippen LogP contribution in [0.15, 0.2) is 36.7 Å². The van der Waals surface area contributed by atoms with E-state index in [0.717, 1.165) is 12.1 Å². The lowest BCUT2D eigenvalue weighted by Crippen LogP contribution is -2.61. The second kappa shape index (κ2) is 9.32. The van der Waals surface area contributed by atoms with Gasteiger partial charge in [0.2, 0.25) is 5.91 Å². The third-order valence-corrected chi connectivity index (χ3v) is 5.58. The average molecular weight is 451 g/mol. The van der Waals surface area contributed by atoms with Crippen LogP contribution in [0.5, 0.6) is 0 Å². The Morgan fingerprint density at radius 1 is 1.22 bits per heavy atom. The standard InChI is InChI=1S/C22H28F3N5O2/c1-4-20(32)30-10-9-29(13-21(30,2)3)19-11-18(27-14-28-19)26-12-17(31)15-5-7-16(8-6-15)22(23,24)25/h5-8,11,14,17,31H,4,9-10,12-13H2,1-3H3,(H,26,27,28). The SMILES string of the molecule is CCC(=O)N1CCN(c2cc(NCC(O)c3ccc(C(F)(F)F)cc3)ncn2)CC1(C)C. The van der Waals surface area contributed by atoms with Crippen LogP contribution >= 0.6 is 0 Å². The van der Waals surface area contributed by atoms with Crippen LogP contribution in [0.4, 0.5) is 24.8 Å². The number of halogens is 3. The lowest BCUT2D eigenvalue weighted by atomic mass is 9.98. The molecule has 2 heterocycles. The fraction of sp³-hybridized carbons (Fsp3) is 0.500. The summed E-state index contributed by atoms with van der Waals surface area (Å²) in [7, 11) is 0. The first-order valence-corrected chi connectivity index (χ1v) is 10.5. The van der Waals surface area contributed by atoms with Crippen molar-refractivity contribution in [2.75, 3.05) is 36.4 Å². The molecule has 1 aromatic heterocycles. The molecule has 2 aromatic rings. The molecule has 1 aromatic carbocycles. The summed E-state index contributed by atoms with van der Waals surface area (Å²) < 4.78 is 38.1. The maximum atomic E-state index is 12.7. The third-order valence-electron chi connectivity index (χ3n) is 5.58. The van der Waals surface area contributed by atoms with Crippen LogP contribution in [0.1, 0.15) is 44.4 Å². The van der Waals surface area contributed by atoms with E-state index in [4.69, 9.17) is 0 Å². The number of hydrogen-bond acceptors (Lipinski definition) is 6. The number of benzene rings is 1. The van der Waals surface area contributed by atoms with Crippen LogP contribution < -0.4 is 10.2 Å². The highest BCUT2D eigenvalue weighted by Gasteiger charge is 2.36. The minimum atomic E-state index is -4.41. The molecular formula is C22H28F3N5O2. The van der Waals surface area contributed by atoms with E-state index in [9.17, 15) is 23.1 Å². The quantitative estimate of drug-likeness (QED) is 0.700. The molecule has 1 amide bonds. The van der Waals surface area contributed by atoms with Crippen LogP contribution in [0.2, 0.25) is 0 Å². The molecule has 1 atom stereocenters. The van der Waals surface area contributed by atoms with Gasteiger partial charge in [0.15, 0.2) is 0 Å². The summed E-state index contributed by atoms with van der Waals surface area (Å²) in [5, 5.41) is 13.3. The van der Waals surface area contributed by atoms with Crippen LogP contribution in [-0.2, 0) is 11.0 Å². The molecular weight excluding hydrogens is 423 g/mol. The van der Waals surface area contributed by atoms with Crippen molar-refractivity contribution in [2.45, 2.75) is 45.0 Å². The van der Waals surface area contributed by atoms with Gasteiger partial charge in [0, 0.05) is 38.7 Å². The van der Waals surface area contributed by atoms with Gasteiger partial charge in [-0.25, -0.2) is 9.97 Å². The molecule has 174 valence electrons. The smallest absolute Gasteiger partial charge is 0.387 e. The predicted octanol–water partition coefficient (Wildman–Crippen LogP) is 3.48. The van der Waals surface area contributed by atoms with Gasteiger partial charge in [-0.05, 0) is 31.5 Å². The van der Waals surface area contributed by atoms with Gasteiger partial charge in [0.05, 0.1) is 17.2 Å². The summed E-state index contributed by atoms with van der Waals surface area (Å²) in [5.74, 6) is 1.31. The van der Waals surface area contributed by atoms with Crippen molar-refractivity contribution in [3.63, 3.8) is 0 Å². The molecule has 1 fully saturated rings. The molecule has 0 bridgehead atoms. The van der Waals surface area contributed by atoms with E-state index >= 15 is 0 Å². The zero-order chi connectivity index (χ0) is 23.5. The number of nitrogens with zero attached hydrogens (tertiary/aromatic N) is 4. The summed E-state index contributed by atoms with van der Waals surface area (Å²) in [6.07, 6.45) is -3.54. The van der Waals surface area contributed by atoms with Gasteiger partial charge in [-0.3, -0.25) is 4.79 Å². The Balaban J connectivity index is 1.62. The molecule has 1 aliphatic rings. The molecule has 2 N–H and O–H groups in total. The second-order valence-corrected chi connectivity index (χ2v) is 8.41. The van der Waals surface area contributed by atoms with Gasteiger partial charge in [-0.1, -0.05) is 19.1 Å². The maximum absolute atomic E-state index is 12.7. The number of aliphatic hydroxyl groups is 1. The Labute approximate surface area is 185 Å². The lowest BCUT2D eigenvalue weighted by Gasteiger charge is -2.47. The molecule has 32 heavy (non-hydrogen) atoms. The highest BCUT2D eigenvalue weighted by molar-refractivity contribution is 5.77. The predicted molar refractivity (Wildman–Crippen MR) is 115 cm³/mol. The van der Waals surface area contributed by atoms with E-state index in [1.165, 1.54) is 18.5 Å². The van der Waals surface area contributed by atoms with Crippen molar-refractivity contribution < 1.29 is 23.1 Å². The van der Waals surface area contributed by atoms with E-state index in [0.29, 0.717) is 43.3 Å². The Morgan fingerprint density at radius 3 is 2.50 bits per heavy atom. The van der Waals surface area contributed by atoms with Crippen LogP contribution in [-0.4, -0.2) is 57.6 Å². The second-order valence-electron chi connectivity index (χ2n) is 8.41. The Kier molecular flexibility index (Phi) is 6.92. The van der Waals surface area contributed by atoms with E-state index in [1.54, 1.807) is 6.07 Å². The number of aromatic nitrogens is 2. The van der Waals surface area contributed by atoms with Gasteiger partial charge in [-0.2, -0.15) is 13.2 Å². The van der Waals surface area contributed by atoms with Crippen LogP contribution in [0.25, 0.3) is 0 Å². The molecule has 0 saturated carbocycles. The molecule has 0 aliphatic carbocycles. The van der Waals surface area contributed by atoms with Crippen molar-refractivity contribution >= 4 is 17.5 Å². The fourth-order valence-electron chi connectivity index (χ4n) is 3.83. The van der Waals surface area contributed by atoms with Crippen molar-refractivity contribution in [1.82, 2.24) is 14.9 Å². The number of aliphatic hydroxyl groups excluding tert-OH is 1. The van der Waals surface area contributed by atoms with Crippen LogP contribution in [0, 0.1) is 0 Å². The van der Waals surface area contributed by atoms with Crippen LogP contribution in [0.3, 0.4) is 0 Å². The fourth-order valence-corrected chi connectivity index (χ4v) is 3.83. The first-order chi connectivity index (χ1) is 15.0. The maximum Gasteiger partial charge on any atom is 0.416 e. The number of hydrogen-bond donors (Lipinski definition) is 2. The molecule has 1 unspecified atom stereocenters. The first-order valence-electron chi connectivity index (χ1n) is 10.5. The Hall–Kier alpha value is -2.88. The molecule has 0 spiro atoms. The first kappa shape index (κ1) is 23.8. The number of carbonyl (C=O) groups excluding carboxylic acids is 1. The van der Waals surface area contributed by atoms with E-state index in [-0.39, 0.29) is 18.0 Å². The monoisotopic (exact) mass is 451 g/mol. The summed E-state index contributed by atoms with van der Waals surface area (Å²) in [5.41, 5.74) is -0.730. The van der Waals surface area contributed by atoms with Gasteiger partial charge >= 0.3 is 6.18 Å². The number of piperazine rings is 1. The molecule has 1 saturated heterocycles. The van der Waals surface area contributed by atoms with Gasteiger partial charge < -0.3 is 20.2 Å². The zero-order valence-corrected chi connectivity index (χ0v) is 18.4. The van der Waals surface area contributed by atoms with Crippen molar-refractivity contribution in [1.29, 1.82) is 0 Å². The number of rotatable bonds is 6. The van der Waals surface area contributed by atoms with E-state index in [2.05, 4.69) is 20.2 Å². The van der Waals surface area contributed by atoms with E-state index < -0.39 is 17.8 Å². The highest BCUT2D eigenvalue weighted by Crippen LogP contribution is 2.30. The Morgan fingerprint density at radius 2 is 1.91 bits per heavy atom. The van der Waals surface area contributed by atoms with Gasteiger partial charge in [0.1, 0.15) is 18.0 Å². The number of nitrogens with one attached hydrogen (secondary N) is 1. The van der Waals surface area contributed by atoms with E-state index in [1.807, 2.05) is 25.7 Å². The summed E-state index contributed by atoms with van der Waals surface area (Å²) in [6, 6.07) is 6.18. The average Bonchev–Trinajstić information content (AvgIpc) is 2.76. The normalized spacial score (nSPS) is 17.2. The summed E-state index contributed by atoms with van der Waals surface area (Å²) in [4.78, 5) is 24.7. The number of anilines is 2. The van der Waals surface area contributed by atoms with Gasteiger partial charge in [0.25, 0.3) is 0 Å². The molecule has 10 heteroatoms. The van der Waals surface area contributed by atoms with Gasteiger partial charge in [-0.15, -0.1) is 0 Å². The van der Waals surface area contributed by atoms with Crippen molar-refractivity contribution in [3.8, 4) is 0 Å².